The van der Waals surface area contributed by atoms with Crippen LogP contribution >= 0.6 is 11.6 Å². The first-order chi connectivity index (χ1) is 13.3. The van der Waals surface area contributed by atoms with Gasteiger partial charge in [-0.25, -0.2) is 17.6 Å². The van der Waals surface area contributed by atoms with Crippen molar-refractivity contribution in [3.8, 4) is 0 Å². The second-order valence-electron chi connectivity index (χ2n) is 5.70. The fourth-order valence-electron chi connectivity index (χ4n) is 2.32. The molecule has 0 aliphatic rings. The largest absolute Gasteiger partial charge is 0.323 e. The molecular weight excluding hydrogens is 405 g/mol. The molecule has 0 bridgehead atoms. The van der Waals surface area contributed by atoms with Gasteiger partial charge >= 0.3 is 6.03 Å². The Morgan fingerprint density at radius 3 is 2.21 bits per heavy atom. The van der Waals surface area contributed by atoms with Crippen LogP contribution < -0.4 is 15.4 Å². The van der Waals surface area contributed by atoms with Crippen LogP contribution in [0.4, 0.5) is 26.2 Å². The molecule has 3 aromatic rings. The van der Waals surface area contributed by atoms with Crippen LogP contribution in [-0.4, -0.2) is 14.4 Å². The molecule has 144 valence electrons. The van der Waals surface area contributed by atoms with Crippen LogP contribution in [0.1, 0.15) is 0 Å². The maximum atomic E-state index is 13.7. The lowest BCUT2D eigenvalue weighted by atomic mass is 10.3. The molecule has 28 heavy (non-hydrogen) atoms. The van der Waals surface area contributed by atoms with Crippen LogP contribution in [0.25, 0.3) is 0 Å². The lowest BCUT2D eigenvalue weighted by Gasteiger charge is -2.10. The van der Waals surface area contributed by atoms with Crippen LogP contribution in [-0.2, 0) is 10.0 Å². The Balaban J connectivity index is 1.67. The highest BCUT2D eigenvalue weighted by molar-refractivity contribution is 7.92. The lowest BCUT2D eigenvalue weighted by molar-refractivity contribution is 0.262. The van der Waals surface area contributed by atoms with Gasteiger partial charge in [0.15, 0.2) is 0 Å². The molecule has 0 heterocycles. The smallest absolute Gasteiger partial charge is 0.308 e. The van der Waals surface area contributed by atoms with Gasteiger partial charge in [-0.15, -0.1) is 0 Å². The Morgan fingerprint density at radius 1 is 0.857 bits per heavy atom. The third kappa shape index (κ3) is 4.99. The van der Waals surface area contributed by atoms with Gasteiger partial charge in [0.1, 0.15) is 5.82 Å². The number of urea groups is 1. The average molecular weight is 420 g/mol. The van der Waals surface area contributed by atoms with Crippen molar-refractivity contribution in [3.63, 3.8) is 0 Å². The highest BCUT2D eigenvalue weighted by Gasteiger charge is 2.16. The Kier molecular flexibility index (Phi) is 5.81. The van der Waals surface area contributed by atoms with Crippen LogP contribution in [0, 0.1) is 5.82 Å². The molecule has 0 aromatic heterocycles. The van der Waals surface area contributed by atoms with E-state index in [4.69, 9.17) is 11.6 Å². The average Bonchev–Trinajstić information content (AvgIpc) is 2.64. The van der Waals surface area contributed by atoms with Crippen LogP contribution in [0.2, 0.25) is 5.02 Å². The third-order valence-electron chi connectivity index (χ3n) is 3.62. The van der Waals surface area contributed by atoms with Crippen molar-refractivity contribution in [3.05, 3.63) is 83.6 Å². The maximum absolute atomic E-state index is 13.7. The van der Waals surface area contributed by atoms with E-state index in [0.717, 1.165) is 6.07 Å². The number of anilines is 3. The van der Waals surface area contributed by atoms with Crippen LogP contribution in [0.3, 0.4) is 0 Å². The maximum Gasteiger partial charge on any atom is 0.323 e. The van der Waals surface area contributed by atoms with Crippen molar-refractivity contribution in [2.24, 2.45) is 0 Å². The highest BCUT2D eigenvalue weighted by Crippen LogP contribution is 2.21. The van der Waals surface area contributed by atoms with Gasteiger partial charge in [0.25, 0.3) is 10.0 Å². The number of sulfonamides is 1. The van der Waals surface area contributed by atoms with Gasteiger partial charge in [-0.2, -0.15) is 0 Å². The number of carbonyl (C=O) groups is 1. The molecule has 2 amide bonds. The first-order valence-electron chi connectivity index (χ1n) is 8.04. The van der Waals surface area contributed by atoms with Gasteiger partial charge in [-0.05, 0) is 54.6 Å². The van der Waals surface area contributed by atoms with Crippen molar-refractivity contribution in [2.75, 3.05) is 15.4 Å². The molecule has 3 N–H and O–H groups in total. The summed E-state index contributed by atoms with van der Waals surface area (Å²) in [7, 11) is -3.97. The fourth-order valence-corrected chi connectivity index (χ4v) is 3.58. The zero-order valence-corrected chi connectivity index (χ0v) is 15.9. The Bertz CT molecular complexity index is 1110. The summed E-state index contributed by atoms with van der Waals surface area (Å²) in [5.41, 5.74) is 0.744. The fraction of sp³-hybridized carbons (Fsp3) is 0. The minimum absolute atomic E-state index is 0.0726. The predicted octanol–water partition coefficient (Wildman–Crippen LogP) is 4.92. The predicted molar refractivity (Wildman–Crippen MR) is 108 cm³/mol. The van der Waals surface area contributed by atoms with E-state index < -0.39 is 21.9 Å². The Labute approximate surface area is 166 Å². The summed E-state index contributed by atoms with van der Waals surface area (Å²) in [5, 5.41) is 5.67. The molecule has 0 aliphatic heterocycles. The second kappa shape index (κ2) is 8.28. The van der Waals surface area contributed by atoms with Crippen molar-refractivity contribution < 1.29 is 17.6 Å². The number of hydrogen-bond acceptors (Lipinski definition) is 3. The molecule has 0 atom stereocenters. The molecule has 0 fully saturated rings. The molecule has 3 rings (SSSR count). The van der Waals surface area contributed by atoms with Crippen LogP contribution in [0.15, 0.2) is 77.7 Å². The quantitative estimate of drug-likeness (QED) is 0.548. The first kappa shape index (κ1) is 19.7. The lowest BCUT2D eigenvalue weighted by Crippen LogP contribution is -2.19. The number of rotatable bonds is 5. The van der Waals surface area contributed by atoms with Crippen molar-refractivity contribution in [1.29, 1.82) is 0 Å². The van der Waals surface area contributed by atoms with Gasteiger partial charge in [0.05, 0.1) is 10.6 Å². The number of benzene rings is 3. The van der Waals surface area contributed by atoms with E-state index in [1.54, 1.807) is 24.3 Å². The zero-order chi connectivity index (χ0) is 20.1. The molecule has 0 spiro atoms. The number of nitrogens with one attached hydrogen (secondary N) is 3. The normalized spacial score (nSPS) is 10.9. The minimum atomic E-state index is -3.97. The number of carbonyl (C=O) groups excluding carboxylic acids is 1. The molecule has 0 aliphatic carbocycles. The second-order valence-corrected chi connectivity index (χ2v) is 7.82. The molecule has 3 aromatic carbocycles. The molecule has 0 saturated heterocycles. The molecule has 6 nitrogen and oxygen atoms in total. The summed E-state index contributed by atoms with van der Waals surface area (Å²) in [4.78, 5) is 11.9. The van der Waals surface area contributed by atoms with E-state index in [9.17, 15) is 17.6 Å². The van der Waals surface area contributed by atoms with E-state index in [1.165, 1.54) is 42.5 Å². The monoisotopic (exact) mass is 419 g/mol. The molecular formula is C19H15ClFN3O3S. The summed E-state index contributed by atoms with van der Waals surface area (Å²) < 4.78 is 40.6. The first-order valence-corrected chi connectivity index (χ1v) is 9.90. The Morgan fingerprint density at radius 2 is 1.54 bits per heavy atom. The van der Waals surface area contributed by atoms with Gasteiger partial charge in [0.2, 0.25) is 0 Å². The molecule has 0 unspecified atom stereocenters. The van der Waals surface area contributed by atoms with E-state index in [1.807, 2.05) is 0 Å². The topological polar surface area (TPSA) is 87.3 Å². The molecule has 9 heteroatoms. The summed E-state index contributed by atoms with van der Waals surface area (Å²) in [6.45, 7) is 0. The van der Waals surface area contributed by atoms with Crippen LogP contribution in [0.5, 0.6) is 0 Å². The van der Waals surface area contributed by atoms with Gasteiger partial charge in [-0.1, -0.05) is 29.8 Å². The minimum Gasteiger partial charge on any atom is -0.308 e. The van der Waals surface area contributed by atoms with E-state index in [0.29, 0.717) is 16.4 Å². The standard InChI is InChI=1S/C19H15ClFN3O3S/c20-13-4-3-5-15(12-13)23-19(25)22-14-8-10-16(11-9-14)28(26,27)24-18-7-2-1-6-17(18)21/h1-12,24H,(H2,22,23,25). The van der Waals surface area contributed by atoms with Crippen molar-refractivity contribution in [2.45, 2.75) is 4.90 Å². The number of para-hydroxylation sites is 1. The Hall–Kier alpha value is -3.10. The summed E-state index contributed by atoms with van der Waals surface area (Å²) >= 11 is 5.86. The summed E-state index contributed by atoms with van der Waals surface area (Å²) in [5.74, 6) is -0.679. The van der Waals surface area contributed by atoms with Crippen molar-refractivity contribution in [1.82, 2.24) is 0 Å². The number of hydrogen-bond donors (Lipinski definition) is 3. The zero-order valence-electron chi connectivity index (χ0n) is 14.3. The van der Waals surface area contributed by atoms with Crippen molar-refractivity contribution >= 4 is 44.7 Å². The third-order valence-corrected chi connectivity index (χ3v) is 5.24. The van der Waals surface area contributed by atoms with E-state index in [-0.39, 0.29) is 10.6 Å². The molecule has 0 radical (unpaired) electrons. The van der Waals surface area contributed by atoms with Gasteiger partial charge in [0, 0.05) is 16.4 Å². The number of amides is 2. The molecule has 0 saturated carbocycles. The summed E-state index contributed by atoms with van der Waals surface area (Å²) in [6.07, 6.45) is 0. The number of halogens is 2. The summed E-state index contributed by atoms with van der Waals surface area (Å²) in [6, 6.07) is 17.0. The van der Waals surface area contributed by atoms with Gasteiger partial charge in [-0.3, -0.25) is 4.72 Å². The highest BCUT2D eigenvalue weighted by atomic mass is 35.5. The van der Waals surface area contributed by atoms with E-state index >= 15 is 0 Å². The van der Waals surface area contributed by atoms with Gasteiger partial charge < -0.3 is 10.6 Å². The SMILES string of the molecule is O=C(Nc1ccc(S(=O)(=O)Nc2ccccc2F)cc1)Nc1cccc(Cl)c1. The van der Waals surface area contributed by atoms with E-state index in [2.05, 4.69) is 15.4 Å².